The minimum absolute atomic E-state index is 0.000588. The normalized spacial score (nSPS) is 13.0. The maximum Gasteiger partial charge on any atom is 0.262 e. The van der Waals surface area contributed by atoms with E-state index in [1.54, 1.807) is 18.2 Å². The lowest BCUT2D eigenvalue weighted by atomic mass is 10.1. The minimum atomic E-state index is -0.626. The number of amides is 2. The van der Waals surface area contributed by atoms with Crippen LogP contribution in [0.15, 0.2) is 53.3 Å². The smallest absolute Gasteiger partial charge is 0.262 e. The van der Waals surface area contributed by atoms with Gasteiger partial charge < -0.3 is 5.73 Å². The Hall–Kier alpha value is -4.27. The van der Waals surface area contributed by atoms with Crippen molar-refractivity contribution in [3.05, 3.63) is 75.6 Å². The number of nitrogen functional groups attached to an aromatic ring is 1. The van der Waals surface area contributed by atoms with Crippen molar-refractivity contribution in [1.29, 1.82) is 0 Å². The van der Waals surface area contributed by atoms with Crippen LogP contribution in [0.4, 0.5) is 5.82 Å². The van der Waals surface area contributed by atoms with Crippen LogP contribution in [0.2, 0.25) is 0 Å². The SMILES string of the molecule is CCc1ccc(-n2nc3ccc(-n4c(N)c5c(cc4=O)C(=O)NC5=O)cc3n2)cc1. The summed E-state index contributed by atoms with van der Waals surface area (Å²) < 4.78 is 1.19. The number of hydrogen-bond donors (Lipinski definition) is 2. The number of benzene rings is 2. The molecular formula is C21H16N6O3. The predicted molar refractivity (Wildman–Crippen MR) is 110 cm³/mol. The molecule has 0 atom stereocenters. The number of carbonyl (C=O) groups excluding carboxylic acids is 2. The van der Waals surface area contributed by atoms with Gasteiger partial charge in [0.2, 0.25) is 0 Å². The fourth-order valence-electron chi connectivity index (χ4n) is 3.57. The van der Waals surface area contributed by atoms with E-state index in [4.69, 9.17) is 5.73 Å². The summed E-state index contributed by atoms with van der Waals surface area (Å²) in [4.78, 5) is 38.0. The lowest BCUT2D eigenvalue weighted by Gasteiger charge is -2.11. The molecule has 0 radical (unpaired) electrons. The first kappa shape index (κ1) is 17.8. The van der Waals surface area contributed by atoms with Gasteiger partial charge in [0, 0.05) is 6.07 Å². The van der Waals surface area contributed by atoms with Crippen LogP contribution in [-0.4, -0.2) is 31.4 Å². The summed E-state index contributed by atoms with van der Waals surface area (Å²) in [6, 6.07) is 14.1. The fraction of sp³-hybridized carbons (Fsp3) is 0.0952. The zero-order valence-corrected chi connectivity index (χ0v) is 15.9. The first-order chi connectivity index (χ1) is 14.5. The third kappa shape index (κ3) is 2.60. The monoisotopic (exact) mass is 400 g/mol. The lowest BCUT2D eigenvalue weighted by Crippen LogP contribution is -2.24. The van der Waals surface area contributed by atoms with Gasteiger partial charge in [-0.3, -0.25) is 24.3 Å². The molecule has 0 spiro atoms. The van der Waals surface area contributed by atoms with Gasteiger partial charge in [-0.15, -0.1) is 10.2 Å². The van der Waals surface area contributed by atoms with Gasteiger partial charge in [-0.2, -0.15) is 4.80 Å². The minimum Gasteiger partial charge on any atom is -0.384 e. The number of rotatable bonds is 3. The van der Waals surface area contributed by atoms with E-state index in [0.29, 0.717) is 16.7 Å². The second kappa shape index (κ2) is 6.38. The van der Waals surface area contributed by atoms with Crippen LogP contribution >= 0.6 is 0 Å². The molecule has 0 unspecified atom stereocenters. The van der Waals surface area contributed by atoms with Crippen molar-refractivity contribution in [2.45, 2.75) is 13.3 Å². The van der Waals surface area contributed by atoms with Gasteiger partial charge in [0.15, 0.2) is 0 Å². The maximum absolute atomic E-state index is 12.6. The summed E-state index contributed by atoms with van der Waals surface area (Å²) in [6.45, 7) is 2.09. The van der Waals surface area contributed by atoms with Crippen LogP contribution in [0.25, 0.3) is 22.4 Å². The molecule has 4 aromatic rings. The van der Waals surface area contributed by atoms with E-state index in [1.165, 1.54) is 14.9 Å². The molecule has 9 nitrogen and oxygen atoms in total. The Balaban J connectivity index is 1.63. The highest BCUT2D eigenvalue weighted by atomic mass is 16.2. The topological polar surface area (TPSA) is 125 Å². The standard InChI is InChI=1S/C21H16N6O3/c1-2-11-3-5-12(6-4-11)27-24-15-8-7-13(9-16(15)25-27)26-17(28)10-14-18(19(26)22)21(30)23-20(14)29/h3-10H,2,22H2,1H3,(H,23,29,30). The zero-order valence-electron chi connectivity index (χ0n) is 15.9. The largest absolute Gasteiger partial charge is 0.384 e. The number of aryl methyl sites for hydroxylation is 1. The second-order valence-electron chi connectivity index (χ2n) is 6.96. The second-order valence-corrected chi connectivity index (χ2v) is 6.96. The molecule has 0 bridgehead atoms. The predicted octanol–water partition coefficient (Wildman–Crippen LogP) is 1.60. The van der Waals surface area contributed by atoms with Crippen LogP contribution in [0, 0.1) is 0 Å². The number of carbonyl (C=O) groups is 2. The molecule has 9 heteroatoms. The number of aromatic nitrogens is 4. The van der Waals surface area contributed by atoms with Crippen LogP contribution < -0.4 is 16.6 Å². The van der Waals surface area contributed by atoms with Crippen LogP contribution in [-0.2, 0) is 6.42 Å². The Labute approximate surface area is 169 Å². The van der Waals surface area contributed by atoms with E-state index in [0.717, 1.165) is 18.2 Å². The number of nitrogens with two attached hydrogens (primary N) is 1. The van der Waals surface area contributed by atoms with E-state index in [2.05, 4.69) is 22.4 Å². The lowest BCUT2D eigenvalue weighted by molar-refractivity contribution is 0.0880. The molecule has 3 N–H and O–H groups in total. The van der Waals surface area contributed by atoms with Crippen molar-refractivity contribution in [1.82, 2.24) is 24.9 Å². The number of imide groups is 1. The van der Waals surface area contributed by atoms with Crippen molar-refractivity contribution in [2.24, 2.45) is 0 Å². The van der Waals surface area contributed by atoms with E-state index in [9.17, 15) is 14.4 Å². The molecule has 0 aliphatic carbocycles. The van der Waals surface area contributed by atoms with Crippen molar-refractivity contribution < 1.29 is 9.59 Å². The average Bonchev–Trinajstić information content (AvgIpc) is 3.28. The first-order valence-electron chi connectivity index (χ1n) is 9.34. The Morgan fingerprint density at radius 3 is 2.33 bits per heavy atom. The van der Waals surface area contributed by atoms with Gasteiger partial charge in [0.1, 0.15) is 16.9 Å². The number of nitrogens with zero attached hydrogens (tertiary/aromatic N) is 4. The number of nitrogens with one attached hydrogen (secondary N) is 1. The molecule has 30 heavy (non-hydrogen) atoms. The van der Waals surface area contributed by atoms with Crippen LogP contribution in [0.3, 0.4) is 0 Å². The summed E-state index contributed by atoms with van der Waals surface area (Å²) in [5.41, 5.74) is 9.21. The van der Waals surface area contributed by atoms with Gasteiger partial charge in [0.25, 0.3) is 17.4 Å². The average molecular weight is 400 g/mol. The maximum atomic E-state index is 12.6. The van der Waals surface area contributed by atoms with Gasteiger partial charge in [0.05, 0.1) is 22.5 Å². The number of anilines is 1. The highest BCUT2D eigenvalue weighted by molar-refractivity contribution is 6.23. The molecule has 0 fully saturated rings. The Kier molecular flexibility index (Phi) is 3.78. The molecule has 5 rings (SSSR count). The summed E-state index contributed by atoms with van der Waals surface area (Å²) >= 11 is 0. The molecule has 1 aliphatic heterocycles. The Morgan fingerprint density at radius 1 is 0.900 bits per heavy atom. The third-order valence-corrected chi connectivity index (χ3v) is 5.15. The van der Waals surface area contributed by atoms with Gasteiger partial charge in [-0.25, -0.2) is 0 Å². The van der Waals surface area contributed by atoms with Crippen molar-refractivity contribution in [3.63, 3.8) is 0 Å². The molecule has 0 saturated carbocycles. The Morgan fingerprint density at radius 2 is 1.60 bits per heavy atom. The summed E-state index contributed by atoms with van der Waals surface area (Å²) in [5, 5.41) is 11.1. The van der Waals surface area contributed by atoms with Gasteiger partial charge >= 0.3 is 0 Å². The van der Waals surface area contributed by atoms with E-state index >= 15 is 0 Å². The van der Waals surface area contributed by atoms with E-state index < -0.39 is 17.4 Å². The third-order valence-electron chi connectivity index (χ3n) is 5.15. The van der Waals surface area contributed by atoms with E-state index in [-0.39, 0.29) is 16.9 Å². The number of pyridine rings is 1. The summed E-state index contributed by atoms with van der Waals surface area (Å²) in [7, 11) is 0. The van der Waals surface area contributed by atoms with E-state index in [1.807, 2.05) is 24.3 Å². The molecule has 1 aliphatic rings. The molecule has 2 aromatic heterocycles. The highest BCUT2D eigenvalue weighted by Gasteiger charge is 2.31. The summed E-state index contributed by atoms with van der Waals surface area (Å²) in [6.07, 6.45) is 0.943. The van der Waals surface area contributed by atoms with Crippen molar-refractivity contribution >= 4 is 28.7 Å². The van der Waals surface area contributed by atoms with Crippen molar-refractivity contribution in [3.8, 4) is 11.4 Å². The fourth-order valence-corrected chi connectivity index (χ4v) is 3.57. The molecule has 2 amide bonds. The van der Waals surface area contributed by atoms with Gasteiger partial charge in [-0.1, -0.05) is 19.1 Å². The van der Waals surface area contributed by atoms with Crippen LogP contribution in [0.1, 0.15) is 33.2 Å². The van der Waals surface area contributed by atoms with Gasteiger partial charge in [-0.05, 0) is 42.3 Å². The zero-order chi connectivity index (χ0) is 21.0. The molecular weight excluding hydrogens is 384 g/mol. The van der Waals surface area contributed by atoms with Crippen LogP contribution in [0.5, 0.6) is 0 Å². The Bertz CT molecular complexity index is 1420. The quantitative estimate of drug-likeness (QED) is 0.503. The van der Waals surface area contributed by atoms with Crippen molar-refractivity contribution in [2.75, 3.05) is 5.73 Å². The number of hydrogen-bond acceptors (Lipinski definition) is 6. The summed E-state index contributed by atoms with van der Waals surface area (Å²) in [5.74, 6) is -1.34. The number of fused-ring (bicyclic) bond motifs is 2. The molecule has 148 valence electrons. The molecule has 2 aromatic carbocycles. The molecule has 3 heterocycles. The molecule has 0 saturated heterocycles. The first-order valence-corrected chi connectivity index (χ1v) is 9.34. The highest BCUT2D eigenvalue weighted by Crippen LogP contribution is 2.24.